The number of hydrogen-bond acceptors (Lipinski definition) is 3. The maximum Gasteiger partial charge on any atom is 0.282 e. The van der Waals surface area contributed by atoms with Crippen LogP contribution in [0.25, 0.3) is 5.69 Å². The van der Waals surface area contributed by atoms with E-state index >= 15 is 0 Å². The molecule has 0 atom stereocenters. The van der Waals surface area contributed by atoms with Crippen LogP contribution >= 0.6 is 0 Å². The Labute approximate surface area is 144 Å². The molecular formula is C17H26N4O2S. The van der Waals surface area contributed by atoms with Gasteiger partial charge in [0.25, 0.3) is 10.2 Å². The molecule has 0 radical (unpaired) electrons. The zero-order valence-electron chi connectivity index (χ0n) is 15.0. The van der Waals surface area contributed by atoms with Crippen LogP contribution in [0.4, 0.5) is 0 Å². The molecule has 24 heavy (non-hydrogen) atoms. The summed E-state index contributed by atoms with van der Waals surface area (Å²) < 4.78 is 30.0. The van der Waals surface area contributed by atoms with Crippen LogP contribution in [-0.4, -0.2) is 46.9 Å². The number of rotatable bonds is 7. The number of hydrogen-bond donors (Lipinski definition) is 0. The van der Waals surface area contributed by atoms with Crippen LogP contribution < -0.4 is 0 Å². The molecule has 7 heteroatoms. The molecule has 2 aromatic rings. The molecule has 0 saturated heterocycles. The third-order valence-corrected chi connectivity index (χ3v) is 6.33. The van der Waals surface area contributed by atoms with Crippen LogP contribution in [0.3, 0.4) is 0 Å². The summed E-state index contributed by atoms with van der Waals surface area (Å²) in [6.45, 7) is 8.82. The van der Waals surface area contributed by atoms with Gasteiger partial charge in [0.1, 0.15) is 0 Å². The van der Waals surface area contributed by atoms with E-state index < -0.39 is 10.2 Å². The van der Waals surface area contributed by atoms with Crippen molar-refractivity contribution in [3.63, 3.8) is 0 Å². The van der Waals surface area contributed by atoms with E-state index in [1.807, 2.05) is 62.7 Å². The summed E-state index contributed by atoms with van der Waals surface area (Å²) in [5, 5.41) is 4.58. The molecule has 0 N–H and O–H groups in total. The Morgan fingerprint density at radius 3 is 2.21 bits per heavy atom. The summed E-state index contributed by atoms with van der Waals surface area (Å²) in [6, 6.07) is 9.85. The minimum atomic E-state index is -3.46. The third kappa shape index (κ3) is 3.53. The molecule has 0 aliphatic rings. The van der Waals surface area contributed by atoms with Crippen molar-refractivity contribution in [3.05, 3.63) is 47.3 Å². The highest BCUT2D eigenvalue weighted by Gasteiger charge is 2.26. The van der Waals surface area contributed by atoms with Crippen molar-refractivity contribution in [2.75, 3.05) is 20.1 Å². The fraction of sp³-hybridized carbons (Fsp3) is 0.471. The molecule has 1 heterocycles. The molecule has 0 spiro atoms. The first-order valence-corrected chi connectivity index (χ1v) is 9.54. The minimum absolute atomic E-state index is 0.309. The average molecular weight is 350 g/mol. The van der Waals surface area contributed by atoms with Gasteiger partial charge in [0.05, 0.1) is 11.4 Å². The van der Waals surface area contributed by atoms with E-state index in [4.69, 9.17) is 0 Å². The first-order valence-electron chi connectivity index (χ1n) is 8.14. The summed E-state index contributed by atoms with van der Waals surface area (Å²) in [4.78, 5) is 0. The van der Waals surface area contributed by atoms with Crippen molar-refractivity contribution in [2.45, 2.75) is 34.2 Å². The van der Waals surface area contributed by atoms with Gasteiger partial charge in [-0.15, -0.1) is 0 Å². The van der Waals surface area contributed by atoms with Gasteiger partial charge >= 0.3 is 0 Å². The maximum atomic E-state index is 12.6. The summed E-state index contributed by atoms with van der Waals surface area (Å²) in [6.07, 6.45) is 0. The standard InChI is InChI=1S/C17H26N4O2S/c1-6-20(7-2)24(22,23)19(5)13-17-14(3)18-21(15(17)4)16-11-9-8-10-12-16/h8-12H,6-7,13H2,1-5H3. The Morgan fingerprint density at radius 2 is 1.67 bits per heavy atom. The lowest BCUT2D eigenvalue weighted by molar-refractivity contribution is 0.374. The first-order chi connectivity index (χ1) is 11.3. The highest BCUT2D eigenvalue weighted by Crippen LogP contribution is 2.21. The lowest BCUT2D eigenvalue weighted by Crippen LogP contribution is -2.41. The Kier molecular flexibility index (Phi) is 5.79. The van der Waals surface area contributed by atoms with E-state index in [1.54, 1.807) is 7.05 Å². The predicted molar refractivity (Wildman–Crippen MR) is 96.3 cm³/mol. The molecule has 1 aromatic carbocycles. The van der Waals surface area contributed by atoms with Gasteiger partial charge in [0, 0.05) is 37.9 Å². The lowest BCUT2D eigenvalue weighted by Gasteiger charge is -2.25. The van der Waals surface area contributed by atoms with E-state index in [0.717, 1.165) is 22.6 Å². The van der Waals surface area contributed by atoms with Gasteiger partial charge in [-0.3, -0.25) is 0 Å². The van der Waals surface area contributed by atoms with Crippen molar-refractivity contribution in [2.24, 2.45) is 0 Å². The molecule has 6 nitrogen and oxygen atoms in total. The molecule has 0 saturated carbocycles. The van der Waals surface area contributed by atoms with Crippen LogP contribution in [0.5, 0.6) is 0 Å². The topological polar surface area (TPSA) is 58.4 Å². The molecule has 0 unspecified atom stereocenters. The largest absolute Gasteiger partial charge is 0.282 e. The molecule has 1 aromatic heterocycles. The summed E-state index contributed by atoms with van der Waals surface area (Å²) in [5.41, 5.74) is 3.72. The first kappa shape index (κ1) is 18.6. The normalized spacial score (nSPS) is 12.3. The summed E-state index contributed by atoms with van der Waals surface area (Å²) >= 11 is 0. The average Bonchev–Trinajstić information content (AvgIpc) is 2.84. The lowest BCUT2D eigenvalue weighted by atomic mass is 10.2. The minimum Gasteiger partial charge on any atom is -0.238 e. The van der Waals surface area contributed by atoms with Crippen LogP contribution in [0.1, 0.15) is 30.8 Å². The van der Waals surface area contributed by atoms with Gasteiger partial charge in [-0.25, -0.2) is 4.68 Å². The molecule has 132 valence electrons. The Morgan fingerprint density at radius 1 is 1.08 bits per heavy atom. The molecule has 2 rings (SSSR count). The Hall–Kier alpha value is -1.70. The van der Waals surface area contributed by atoms with Gasteiger partial charge in [0.15, 0.2) is 0 Å². The number of aryl methyl sites for hydroxylation is 1. The van der Waals surface area contributed by atoms with Gasteiger partial charge in [-0.05, 0) is 26.0 Å². The molecule has 0 bridgehead atoms. The van der Waals surface area contributed by atoms with Crippen molar-refractivity contribution in [1.82, 2.24) is 18.4 Å². The fourth-order valence-electron chi connectivity index (χ4n) is 2.78. The highest BCUT2D eigenvalue weighted by molar-refractivity contribution is 7.86. The Bertz CT molecular complexity index is 780. The van der Waals surface area contributed by atoms with Crippen LogP contribution in [-0.2, 0) is 16.8 Å². The smallest absolute Gasteiger partial charge is 0.238 e. The SMILES string of the molecule is CCN(CC)S(=O)(=O)N(C)Cc1c(C)nn(-c2ccccc2)c1C. The van der Waals surface area contributed by atoms with Gasteiger partial charge in [0.2, 0.25) is 0 Å². The molecule has 0 fully saturated rings. The van der Waals surface area contributed by atoms with Crippen molar-refractivity contribution >= 4 is 10.2 Å². The highest BCUT2D eigenvalue weighted by atomic mass is 32.2. The van der Waals surface area contributed by atoms with E-state index in [0.29, 0.717) is 19.6 Å². The number of aromatic nitrogens is 2. The van der Waals surface area contributed by atoms with E-state index in [9.17, 15) is 8.42 Å². The summed E-state index contributed by atoms with van der Waals surface area (Å²) in [5.74, 6) is 0. The van der Waals surface area contributed by atoms with Gasteiger partial charge in [-0.2, -0.15) is 22.1 Å². The molecule has 0 amide bonds. The van der Waals surface area contributed by atoms with Crippen molar-refractivity contribution < 1.29 is 8.42 Å². The van der Waals surface area contributed by atoms with E-state index in [2.05, 4.69) is 5.10 Å². The zero-order valence-corrected chi connectivity index (χ0v) is 15.8. The molecule has 0 aliphatic heterocycles. The Balaban J connectivity index is 2.33. The van der Waals surface area contributed by atoms with E-state index in [1.165, 1.54) is 8.61 Å². The third-order valence-electron chi connectivity index (χ3n) is 4.25. The maximum absolute atomic E-state index is 12.6. The monoisotopic (exact) mass is 350 g/mol. The number of benzene rings is 1. The second-order valence-electron chi connectivity index (χ2n) is 5.74. The molecular weight excluding hydrogens is 324 g/mol. The predicted octanol–water partition coefficient (Wildman–Crippen LogP) is 2.51. The van der Waals surface area contributed by atoms with Crippen molar-refractivity contribution in [1.29, 1.82) is 0 Å². The zero-order chi connectivity index (χ0) is 17.9. The van der Waals surface area contributed by atoms with Crippen LogP contribution in [0.2, 0.25) is 0 Å². The fourth-order valence-corrected chi connectivity index (χ4v) is 4.11. The number of nitrogens with zero attached hydrogens (tertiary/aromatic N) is 4. The van der Waals surface area contributed by atoms with Gasteiger partial charge < -0.3 is 0 Å². The van der Waals surface area contributed by atoms with Gasteiger partial charge in [-0.1, -0.05) is 32.0 Å². The second kappa shape index (κ2) is 7.46. The number of para-hydroxylation sites is 1. The second-order valence-corrected chi connectivity index (χ2v) is 7.78. The van der Waals surface area contributed by atoms with Crippen LogP contribution in [0, 0.1) is 13.8 Å². The van der Waals surface area contributed by atoms with E-state index in [-0.39, 0.29) is 0 Å². The summed E-state index contributed by atoms with van der Waals surface area (Å²) in [7, 11) is -1.84. The molecule has 0 aliphatic carbocycles. The van der Waals surface area contributed by atoms with Crippen molar-refractivity contribution in [3.8, 4) is 5.69 Å². The quantitative estimate of drug-likeness (QED) is 0.771. The van der Waals surface area contributed by atoms with Crippen LogP contribution in [0.15, 0.2) is 30.3 Å².